The van der Waals surface area contributed by atoms with Gasteiger partial charge in [-0.25, -0.2) is 0 Å². The van der Waals surface area contributed by atoms with Crippen molar-refractivity contribution < 1.29 is 45.9 Å². The molecule has 0 N–H and O–H groups in total. The van der Waals surface area contributed by atoms with Crippen LogP contribution in [0.1, 0.15) is 0 Å². The Bertz CT molecular complexity index is 12.2. The molecule has 0 aliphatic heterocycles. The van der Waals surface area contributed by atoms with Crippen molar-refractivity contribution in [2.75, 3.05) is 0 Å². The fraction of sp³-hybridized carbons (Fsp3) is 0. The van der Waals surface area contributed by atoms with Crippen LogP contribution in [0.4, 0.5) is 0 Å². The Hall–Kier alpha value is 5.10. The minimum atomic E-state index is 0. The summed E-state index contributed by atoms with van der Waals surface area (Å²) in [4.78, 5) is 0. The third kappa shape index (κ3) is 62.1. The molecule has 0 rings (SSSR count). The maximum atomic E-state index is 0. The van der Waals surface area contributed by atoms with E-state index < -0.39 is 0 Å². The smallest absolute Gasteiger partial charge is 2.00 e. The molecule has 0 saturated carbocycles. The number of rotatable bonds is 0. The van der Waals surface area contributed by atoms with Gasteiger partial charge in [-0.15, -0.1) is 0 Å². The summed E-state index contributed by atoms with van der Waals surface area (Å²) in [5.41, 5.74) is 0. The summed E-state index contributed by atoms with van der Waals surface area (Å²) >= 11 is 0. The molecule has 0 aliphatic rings. The standard InChI is InChI=1S/3Ba.5O.V/q3*+2;5*-2;+4. The van der Waals surface area contributed by atoms with Gasteiger partial charge in [0.05, 0.1) is 0 Å². The molecule has 0 aromatic heterocycles. The van der Waals surface area contributed by atoms with Gasteiger partial charge in [-0.3, -0.25) is 0 Å². The Labute approximate surface area is 187 Å². The Kier molecular flexibility index (Phi) is 763. The van der Waals surface area contributed by atoms with E-state index in [2.05, 4.69) is 0 Å². The molecule has 1 radical (unpaired) electrons. The van der Waals surface area contributed by atoms with Crippen LogP contribution in [-0.2, 0) is 45.9 Å². The Morgan fingerprint density at radius 3 is 0.333 bits per heavy atom. The van der Waals surface area contributed by atoms with Gasteiger partial charge in [0.25, 0.3) is 0 Å². The zero-order valence-electron chi connectivity index (χ0n) is 4.61. The van der Waals surface area contributed by atoms with Crippen molar-refractivity contribution >= 4 is 147 Å². The van der Waals surface area contributed by atoms with E-state index in [9.17, 15) is 0 Å². The first-order valence-corrected chi connectivity index (χ1v) is 0. The van der Waals surface area contributed by atoms with E-state index in [-0.39, 0.29) is 193 Å². The monoisotopic (exact) mass is 545 g/mol. The summed E-state index contributed by atoms with van der Waals surface area (Å²) in [6.07, 6.45) is 0. The van der Waals surface area contributed by atoms with Crippen molar-refractivity contribution in [1.29, 1.82) is 0 Å². The molecule has 0 amide bonds. The minimum absolute atomic E-state index is 0. The molecule has 5 nitrogen and oxygen atoms in total. The summed E-state index contributed by atoms with van der Waals surface area (Å²) in [5, 5.41) is 0. The molecule has 0 bridgehead atoms. The topological polar surface area (TPSA) is 142 Å². The third-order valence-electron chi connectivity index (χ3n) is 0. The van der Waals surface area contributed by atoms with E-state index in [1.807, 2.05) is 0 Å². The third-order valence-corrected chi connectivity index (χ3v) is 0. The van der Waals surface area contributed by atoms with Gasteiger partial charge in [0.2, 0.25) is 0 Å². The van der Waals surface area contributed by atoms with E-state index in [0.717, 1.165) is 0 Å². The van der Waals surface area contributed by atoms with Crippen LogP contribution in [0.3, 0.4) is 0 Å². The van der Waals surface area contributed by atoms with E-state index in [0.29, 0.717) is 0 Å². The second kappa shape index (κ2) is 73.8. The van der Waals surface area contributed by atoms with Gasteiger partial charge in [0.15, 0.2) is 0 Å². The molecule has 9 heteroatoms. The Morgan fingerprint density at radius 2 is 0.333 bits per heavy atom. The normalized spacial score (nSPS) is 0. The van der Waals surface area contributed by atoms with Gasteiger partial charge in [0, 0.05) is 0 Å². The van der Waals surface area contributed by atoms with E-state index >= 15 is 0 Å². The van der Waals surface area contributed by atoms with Crippen LogP contribution in [0.2, 0.25) is 0 Å². The fourth-order valence-corrected chi connectivity index (χ4v) is 0. The van der Waals surface area contributed by atoms with Crippen molar-refractivity contribution in [3.05, 3.63) is 0 Å². The maximum Gasteiger partial charge on any atom is 4.00 e. The molecule has 0 spiro atoms. The second-order valence-electron chi connectivity index (χ2n) is 0. The van der Waals surface area contributed by atoms with Crippen molar-refractivity contribution in [1.82, 2.24) is 0 Å². The van der Waals surface area contributed by atoms with Crippen LogP contribution in [0.15, 0.2) is 0 Å². The van der Waals surface area contributed by atoms with Crippen LogP contribution in [-0.4, -0.2) is 147 Å². The summed E-state index contributed by atoms with van der Waals surface area (Å²) in [5.74, 6) is 0. The molecule has 0 aromatic carbocycles. The molecular weight excluding hydrogens is 543 g/mol. The van der Waals surface area contributed by atoms with Crippen LogP contribution in [0.25, 0.3) is 0 Å². The number of hydrogen-bond donors (Lipinski definition) is 0. The van der Waals surface area contributed by atoms with Gasteiger partial charge < -0.3 is 27.4 Å². The molecular formula is Ba3O5V. The first-order chi connectivity index (χ1) is 0. The Morgan fingerprint density at radius 1 is 0.333 bits per heavy atom. The quantitative estimate of drug-likeness (QED) is 0.320. The first kappa shape index (κ1) is 93.1. The summed E-state index contributed by atoms with van der Waals surface area (Å²) in [7, 11) is 0. The van der Waals surface area contributed by atoms with Gasteiger partial charge >= 0.3 is 165 Å². The van der Waals surface area contributed by atoms with Crippen LogP contribution < -0.4 is 0 Å². The van der Waals surface area contributed by atoms with Crippen molar-refractivity contribution in [2.24, 2.45) is 0 Å². The van der Waals surface area contributed by atoms with Crippen LogP contribution in [0, 0.1) is 0 Å². The van der Waals surface area contributed by atoms with Gasteiger partial charge in [-0.2, -0.15) is 0 Å². The van der Waals surface area contributed by atoms with E-state index in [1.165, 1.54) is 0 Å². The van der Waals surface area contributed by atoms with Gasteiger partial charge in [-0.05, 0) is 0 Å². The van der Waals surface area contributed by atoms with E-state index in [4.69, 9.17) is 0 Å². The van der Waals surface area contributed by atoms with Crippen molar-refractivity contribution in [3.8, 4) is 0 Å². The van der Waals surface area contributed by atoms with Crippen LogP contribution in [0.5, 0.6) is 0 Å². The average Bonchev–Trinajstić information content (AvgIpc) is 0. The predicted octanol–water partition coefficient (Wildman–Crippen LogP) is -1.74. The second-order valence-corrected chi connectivity index (χ2v) is 0. The van der Waals surface area contributed by atoms with Crippen molar-refractivity contribution in [2.45, 2.75) is 0 Å². The molecule has 0 unspecified atom stereocenters. The predicted molar refractivity (Wildman–Crippen MR) is 20.7 cm³/mol. The Balaban J connectivity index is 0. The molecule has 0 aromatic rings. The van der Waals surface area contributed by atoms with Gasteiger partial charge in [0.1, 0.15) is 0 Å². The largest absolute Gasteiger partial charge is 4.00 e. The zero-order valence-corrected chi connectivity index (χ0v) is 19.3. The van der Waals surface area contributed by atoms with Crippen molar-refractivity contribution in [3.63, 3.8) is 0 Å². The molecule has 41 valence electrons. The summed E-state index contributed by atoms with van der Waals surface area (Å²) in [6, 6.07) is 0. The minimum Gasteiger partial charge on any atom is -2.00 e. The molecule has 0 atom stereocenters. The molecule has 0 heterocycles. The summed E-state index contributed by atoms with van der Waals surface area (Å²) in [6.45, 7) is 0. The van der Waals surface area contributed by atoms with Crippen LogP contribution >= 0.6 is 0 Å². The first-order valence-electron chi connectivity index (χ1n) is 0. The van der Waals surface area contributed by atoms with E-state index in [1.54, 1.807) is 0 Å². The molecule has 9 heavy (non-hydrogen) atoms. The molecule has 0 aliphatic carbocycles. The average molecular weight is 543 g/mol. The SMILES string of the molecule is [Ba+2].[Ba+2].[Ba+2].[O-2].[O-2].[O-2].[O-2].[O-2].[V+4]. The maximum absolute atomic E-state index is 0. The van der Waals surface area contributed by atoms with Gasteiger partial charge in [-0.1, -0.05) is 0 Å². The molecule has 0 saturated heterocycles. The fourth-order valence-electron chi connectivity index (χ4n) is 0. The molecule has 0 fully saturated rings. The zero-order chi connectivity index (χ0) is 0. The number of hydrogen-bond acceptors (Lipinski definition) is 0. The summed E-state index contributed by atoms with van der Waals surface area (Å²) < 4.78 is 0.